The first-order valence-electron chi connectivity index (χ1n) is 4.81. The van der Waals surface area contributed by atoms with Gasteiger partial charge in [0.25, 0.3) is 0 Å². The largest absolute Gasteiger partial charge is 0.381 e. The standard InChI is InChI=1S/C8H16N2O3S/c9-14(11,12)4-7-3-10-5-8(7)1-2-13-6-8/h7,10H,1-6H2,(H2,9,11,12). The number of hydrogen-bond donors (Lipinski definition) is 2. The SMILES string of the molecule is NS(=O)(=O)CC1CNCC12CCOC2. The van der Waals surface area contributed by atoms with Gasteiger partial charge in [0.1, 0.15) is 0 Å². The molecular weight excluding hydrogens is 204 g/mol. The van der Waals surface area contributed by atoms with Gasteiger partial charge in [-0.25, -0.2) is 13.6 Å². The molecule has 5 nitrogen and oxygen atoms in total. The lowest BCUT2D eigenvalue weighted by molar-refractivity contribution is 0.141. The summed E-state index contributed by atoms with van der Waals surface area (Å²) < 4.78 is 27.4. The first-order valence-corrected chi connectivity index (χ1v) is 6.52. The first-order chi connectivity index (χ1) is 6.52. The summed E-state index contributed by atoms with van der Waals surface area (Å²) in [6.45, 7) is 3.00. The Balaban J connectivity index is 2.11. The number of sulfonamides is 1. The van der Waals surface area contributed by atoms with E-state index in [1.54, 1.807) is 0 Å². The molecule has 2 aliphatic heterocycles. The molecule has 0 aromatic heterocycles. The second kappa shape index (κ2) is 3.44. The minimum absolute atomic E-state index is 0.0203. The van der Waals surface area contributed by atoms with Crippen molar-refractivity contribution in [2.45, 2.75) is 6.42 Å². The van der Waals surface area contributed by atoms with E-state index in [-0.39, 0.29) is 17.1 Å². The van der Waals surface area contributed by atoms with Gasteiger partial charge < -0.3 is 10.1 Å². The first kappa shape index (κ1) is 10.4. The van der Waals surface area contributed by atoms with Crippen molar-refractivity contribution in [2.75, 3.05) is 32.1 Å². The predicted molar refractivity (Wildman–Crippen MR) is 52.2 cm³/mol. The van der Waals surface area contributed by atoms with E-state index in [1.807, 2.05) is 0 Å². The van der Waals surface area contributed by atoms with Gasteiger partial charge in [0.15, 0.2) is 0 Å². The molecule has 2 saturated heterocycles. The number of ether oxygens (including phenoxy) is 1. The van der Waals surface area contributed by atoms with Crippen LogP contribution in [-0.2, 0) is 14.8 Å². The van der Waals surface area contributed by atoms with E-state index < -0.39 is 10.0 Å². The summed E-state index contributed by atoms with van der Waals surface area (Å²) in [7, 11) is -3.37. The highest BCUT2D eigenvalue weighted by Crippen LogP contribution is 2.39. The molecule has 0 aliphatic carbocycles. The Kier molecular flexibility index (Phi) is 2.55. The van der Waals surface area contributed by atoms with Gasteiger partial charge in [0, 0.05) is 18.6 Å². The fraction of sp³-hybridized carbons (Fsp3) is 1.00. The van der Waals surface area contributed by atoms with Crippen LogP contribution in [0.25, 0.3) is 0 Å². The Hall–Kier alpha value is -0.170. The average molecular weight is 220 g/mol. The summed E-state index contributed by atoms with van der Waals surface area (Å²) >= 11 is 0. The van der Waals surface area contributed by atoms with Gasteiger partial charge in [0.05, 0.1) is 12.4 Å². The molecule has 14 heavy (non-hydrogen) atoms. The van der Waals surface area contributed by atoms with Crippen LogP contribution in [0.15, 0.2) is 0 Å². The molecule has 82 valence electrons. The number of primary sulfonamides is 1. The Labute approximate surface area is 84.0 Å². The summed E-state index contributed by atoms with van der Waals surface area (Å²) in [6.07, 6.45) is 0.945. The minimum Gasteiger partial charge on any atom is -0.381 e. The Morgan fingerprint density at radius 2 is 2.36 bits per heavy atom. The second-order valence-electron chi connectivity index (χ2n) is 4.32. The summed E-state index contributed by atoms with van der Waals surface area (Å²) in [5, 5.41) is 8.30. The van der Waals surface area contributed by atoms with E-state index in [1.165, 1.54) is 0 Å². The average Bonchev–Trinajstić information content (AvgIpc) is 2.62. The molecule has 0 aromatic carbocycles. The van der Waals surface area contributed by atoms with Crippen LogP contribution >= 0.6 is 0 Å². The van der Waals surface area contributed by atoms with E-state index in [0.29, 0.717) is 6.61 Å². The molecule has 2 unspecified atom stereocenters. The Bertz CT molecular complexity index is 303. The maximum Gasteiger partial charge on any atom is 0.209 e. The van der Waals surface area contributed by atoms with Crippen LogP contribution in [0, 0.1) is 11.3 Å². The summed E-state index contributed by atoms with van der Waals surface area (Å²) in [6, 6.07) is 0. The van der Waals surface area contributed by atoms with E-state index in [0.717, 1.165) is 26.1 Å². The second-order valence-corrected chi connectivity index (χ2v) is 5.98. The molecule has 0 aromatic rings. The maximum atomic E-state index is 11.0. The molecule has 2 heterocycles. The van der Waals surface area contributed by atoms with E-state index in [2.05, 4.69) is 5.32 Å². The van der Waals surface area contributed by atoms with Crippen molar-refractivity contribution in [1.82, 2.24) is 5.32 Å². The third-order valence-electron chi connectivity index (χ3n) is 3.30. The highest BCUT2D eigenvalue weighted by Gasteiger charge is 2.46. The zero-order valence-corrected chi connectivity index (χ0v) is 8.85. The fourth-order valence-electron chi connectivity index (χ4n) is 2.46. The van der Waals surface area contributed by atoms with Crippen molar-refractivity contribution in [3.8, 4) is 0 Å². The van der Waals surface area contributed by atoms with Gasteiger partial charge in [-0.1, -0.05) is 0 Å². The number of nitrogens with two attached hydrogens (primary N) is 1. The summed E-state index contributed by atoms with van der Waals surface area (Å²) in [4.78, 5) is 0. The van der Waals surface area contributed by atoms with Crippen molar-refractivity contribution < 1.29 is 13.2 Å². The lowest BCUT2D eigenvalue weighted by Crippen LogP contribution is -2.36. The normalized spacial score (nSPS) is 38.2. The third-order valence-corrected chi connectivity index (χ3v) is 4.17. The molecule has 0 amide bonds. The predicted octanol–water partition coefficient (Wildman–Crippen LogP) is -1.10. The van der Waals surface area contributed by atoms with Gasteiger partial charge in [-0.05, 0) is 18.9 Å². The zero-order valence-electron chi connectivity index (χ0n) is 8.03. The Morgan fingerprint density at radius 3 is 2.93 bits per heavy atom. The molecule has 2 aliphatic rings. The van der Waals surface area contributed by atoms with Crippen molar-refractivity contribution in [2.24, 2.45) is 16.5 Å². The van der Waals surface area contributed by atoms with Crippen LogP contribution < -0.4 is 10.5 Å². The molecular formula is C8H16N2O3S. The lowest BCUT2D eigenvalue weighted by Gasteiger charge is -2.27. The quantitative estimate of drug-likeness (QED) is 0.619. The van der Waals surface area contributed by atoms with Crippen LogP contribution in [0.5, 0.6) is 0 Å². The maximum absolute atomic E-state index is 11.0. The van der Waals surface area contributed by atoms with E-state index in [9.17, 15) is 8.42 Å². The van der Waals surface area contributed by atoms with Gasteiger partial charge in [0.2, 0.25) is 10.0 Å². The highest BCUT2D eigenvalue weighted by molar-refractivity contribution is 7.89. The molecule has 2 fully saturated rings. The van der Waals surface area contributed by atoms with Gasteiger partial charge in [-0.2, -0.15) is 0 Å². The fourth-order valence-corrected chi connectivity index (χ4v) is 3.49. The van der Waals surface area contributed by atoms with Gasteiger partial charge in [-0.3, -0.25) is 0 Å². The van der Waals surface area contributed by atoms with Crippen LogP contribution in [-0.4, -0.2) is 40.5 Å². The van der Waals surface area contributed by atoms with Crippen LogP contribution in [0.1, 0.15) is 6.42 Å². The van der Waals surface area contributed by atoms with Crippen molar-refractivity contribution >= 4 is 10.0 Å². The Morgan fingerprint density at radius 1 is 1.57 bits per heavy atom. The van der Waals surface area contributed by atoms with Crippen molar-refractivity contribution in [3.05, 3.63) is 0 Å². The van der Waals surface area contributed by atoms with Crippen LogP contribution in [0.4, 0.5) is 0 Å². The molecule has 2 atom stereocenters. The lowest BCUT2D eigenvalue weighted by atomic mass is 9.78. The van der Waals surface area contributed by atoms with Crippen molar-refractivity contribution in [1.29, 1.82) is 0 Å². The van der Waals surface area contributed by atoms with Crippen molar-refractivity contribution in [3.63, 3.8) is 0 Å². The van der Waals surface area contributed by atoms with Crippen LogP contribution in [0.3, 0.4) is 0 Å². The minimum atomic E-state index is -3.37. The van der Waals surface area contributed by atoms with E-state index in [4.69, 9.17) is 9.88 Å². The molecule has 0 saturated carbocycles. The third kappa shape index (κ3) is 1.93. The monoisotopic (exact) mass is 220 g/mol. The number of hydrogen-bond acceptors (Lipinski definition) is 4. The molecule has 0 bridgehead atoms. The summed E-state index contributed by atoms with van der Waals surface area (Å²) in [5.41, 5.74) is 0.0203. The number of nitrogens with one attached hydrogen (secondary N) is 1. The zero-order chi connectivity index (χ0) is 10.2. The number of rotatable bonds is 2. The van der Waals surface area contributed by atoms with Gasteiger partial charge >= 0.3 is 0 Å². The molecule has 2 rings (SSSR count). The molecule has 0 radical (unpaired) electrons. The summed E-state index contributed by atoms with van der Waals surface area (Å²) in [5.74, 6) is 0.184. The molecule has 6 heteroatoms. The smallest absolute Gasteiger partial charge is 0.209 e. The highest BCUT2D eigenvalue weighted by atomic mass is 32.2. The molecule has 1 spiro atoms. The van der Waals surface area contributed by atoms with E-state index >= 15 is 0 Å². The van der Waals surface area contributed by atoms with Crippen LogP contribution in [0.2, 0.25) is 0 Å². The molecule has 3 N–H and O–H groups in total. The topological polar surface area (TPSA) is 81.4 Å². The van der Waals surface area contributed by atoms with Gasteiger partial charge in [-0.15, -0.1) is 0 Å².